The van der Waals surface area contributed by atoms with E-state index in [2.05, 4.69) is 15.3 Å². The van der Waals surface area contributed by atoms with Gasteiger partial charge in [-0.1, -0.05) is 6.07 Å². The Labute approximate surface area is 147 Å². The summed E-state index contributed by atoms with van der Waals surface area (Å²) in [5, 5.41) is 4.13. The van der Waals surface area contributed by atoms with Gasteiger partial charge in [-0.05, 0) is 24.3 Å². The topological polar surface area (TPSA) is 94.3 Å². The number of amides is 1. The minimum absolute atomic E-state index is 0.0677. The number of furan rings is 1. The number of thioether (sulfide) groups is 1. The second-order valence-corrected chi connectivity index (χ2v) is 6.08. The van der Waals surface area contributed by atoms with Crippen molar-refractivity contribution in [2.24, 2.45) is 0 Å². The minimum Gasteiger partial charge on any atom is -0.463 e. The number of aromatic nitrogens is 2. The minimum atomic E-state index is -0.670. The van der Waals surface area contributed by atoms with Crippen LogP contribution < -0.4 is 5.32 Å². The first kappa shape index (κ1) is 17.0. The Bertz CT molecular complexity index is 895. The molecular weight excluding hydrogens is 342 g/mol. The van der Waals surface area contributed by atoms with Crippen LogP contribution in [0.25, 0.3) is 11.1 Å². The molecule has 0 spiro atoms. The lowest BCUT2D eigenvalue weighted by Gasteiger charge is -2.05. The number of methoxy groups -OCH3 is 1. The van der Waals surface area contributed by atoms with Gasteiger partial charge in [-0.25, -0.2) is 14.8 Å². The Morgan fingerprint density at radius 2 is 2.04 bits per heavy atom. The van der Waals surface area contributed by atoms with Gasteiger partial charge in [-0.15, -0.1) is 11.8 Å². The van der Waals surface area contributed by atoms with Crippen LogP contribution in [0.1, 0.15) is 17.0 Å². The molecule has 0 saturated carbocycles. The average Bonchev–Trinajstić information content (AvgIpc) is 3.00. The van der Waals surface area contributed by atoms with Crippen molar-refractivity contribution in [1.82, 2.24) is 9.97 Å². The molecule has 3 heterocycles. The van der Waals surface area contributed by atoms with Gasteiger partial charge in [-0.2, -0.15) is 0 Å². The van der Waals surface area contributed by atoms with Crippen molar-refractivity contribution in [2.75, 3.05) is 18.2 Å². The molecule has 0 aliphatic rings. The van der Waals surface area contributed by atoms with Crippen molar-refractivity contribution >= 4 is 40.4 Å². The number of pyridine rings is 2. The molecule has 0 saturated heterocycles. The first-order chi connectivity index (χ1) is 12.2. The summed E-state index contributed by atoms with van der Waals surface area (Å²) in [6, 6.07) is 9.03. The van der Waals surface area contributed by atoms with Gasteiger partial charge in [0.2, 0.25) is 17.4 Å². The second kappa shape index (κ2) is 7.80. The van der Waals surface area contributed by atoms with Gasteiger partial charge in [0, 0.05) is 24.6 Å². The number of anilines is 1. The summed E-state index contributed by atoms with van der Waals surface area (Å²) >= 11 is 1.48. The van der Waals surface area contributed by atoms with Crippen LogP contribution in [0.4, 0.5) is 5.69 Å². The number of nitrogens with one attached hydrogen (secondary N) is 1. The molecule has 0 aliphatic carbocycles. The maximum absolute atomic E-state index is 12.2. The molecule has 128 valence electrons. The fourth-order valence-corrected chi connectivity index (χ4v) is 2.98. The highest BCUT2D eigenvalue weighted by molar-refractivity contribution is 7.99. The number of ether oxygens (including phenoxy) is 1. The number of fused-ring (bicyclic) bond motifs is 1. The highest BCUT2D eigenvalue weighted by Gasteiger charge is 2.23. The summed E-state index contributed by atoms with van der Waals surface area (Å²) in [4.78, 5) is 32.4. The lowest BCUT2D eigenvalue weighted by Crippen LogP contribution is -2.14. The summed E-state index contributed by atoms with van der Waals surface area (Å²) in [6.07, 6.45) is 3.51. The van der Waals surface area contributed by atoms with E-state index in [-0.39, 0.29) is 29.5 Å². The molecule has 0 bridgehead atoms. The van der Waals surface area contributed by atoms with E-state index in [1.54, 1.807) is 24.5 Å². The number of hydrogen-bond acceptors (Lipinski definition) is 7. The van der Waals surface area contributed by atoms with E-state index in [1.807, 2.05) is 18.2 Å². The van der Waals surface area contributed by atoms with Crippen molar-refractivity contribution in [3.05, 3.63) is 48.5 Å². The SMILES string of the molecule is COC(=O)c1oc2ncccc2c1NC(=O)CCSc1ccccn1. The molecule has 0 radical (unpaired) electrons. The monoisotopic (exact) mass is 357 g/mol. The van der Waals surface area contributed by atoms with Crippen LogP contribution in [0.15, 0.2) is 52.2 Å². The van der Waals surface area contributed by atoms with Gasteiger partial charge < -0.3 is 14.5 Å². The summed E-state index contributed by atoms with van der Waals surface area (Å²) in [5.41, 5.74) is 0.545. The standard InChI is InChI=1S/C17H15N3O4S/c1-23-17(22)15-14(11-5-4-9-19-16(11)24-15)20-12(21)7-10-25-13-6-2-3-8-18-13/h2-6,8-9H,7,10H2,1H3,(H,20,21). The van der Waals surface area contributed by atoms with E-state index in [4.69, 9.17) is 9.15 Å². The van der Waals surface area contributed by atoms with Crippen LogP contribution in [-0.2, 0) is 9.53 Å². The fourth-order valence-electron chi connectivity index (χ4n) is 2.18. The largest absolute Gasteiger partial charge is 0.463 e. The molecule has 8 heteroatoms. The summed E-state index contributed by atoms with van der Waals surface area (Å²) < 4.78 is 10.1. The van der Waals surface area contributed by atoms with E-state index in [9.17, 15) is 9.59 Å². The third-order valence-corrected chi connectivity index (χ3v) is 4.26. The molecule has 1 N–H and O–H groups in total. The molecule has 7 nitrogen and oxygen atoms in total. The zero-order valence-electron chi connectivity index (χ0n) is 13.4. The van der Waals surface area contributed by atoms with Crippen molar-refractivity contribution in [1.29, 1.82) is 0 Å². The predicted molar refractivity (Wildman–Crippen MR) is 93.6 cm³/mol. The number of hydrogen-bond donors (Lipinski definition) is 1. The van der Waals surface area contributed by atoms with E-state index >= 15 is 0 Å². The molecule has 0 aliphatic heterocycles. The van der Waals surface area contributed by atoms with Gasteiger partial charge in [0.1, 0.15) is 5.69 Å². The molecule has 3 aromatic rings. The summed E-state index contributed by atoms with van der Waals surface area (Å²) in [7, 11) is 1.25. The number of esters is 1. The average molecular weight is 357 g/mol. The van der Waals surface area contributed by atoms with Crippen LogP contribution in [0, 0.1) is 0 Å². The Hall–Kier alpha value is -2.87. The first-order valence-corrected chi connectivity index (χ1v) is 8.47. The Morgan fingerprint density at radius 1 is 1.20 bits per heavy atom. The third-order valence-electron chi connectivity index (χ3n) is 3.32. The lowest BCUT2D eigenvalue weighted by molar-refractivity contribution is -0.115. The zero-order valence-corrected chi connectivity index (χ0v) is 14.2. The van der Waals surface area contributed by atoms with Crippen molar-refractivity contribution < 1.29 is 18.7 Å². The highest BCUT2D eigenvalue weighted by Crippen LogP contribution is 2.30. The maximum Gasteiger partial charge on any atom is 0.376 e. The molecule has 3 aromatic heterocycles. The number of rotatable bonds is 6. The molecule has 1 amide bonds. The zero-order chi connectivity index (χ0) is 17.6. The highest BCUT2D eigenvalue weighted by atomic mass is 32.2. The summed E-state index contributed by atoms with van der Waals surface area (Å²) in [5.74, 6) is -0.414. The smallest absolute Gasteiger partial charge is 0.376 e. The van der Waals surface area contributed by atoms with Crippen molar-refractivity contribution in [3.63, 3.8) is 0 Å². The maximum atomic E-state index is 12.2. The van der Waals surface area contributed by atoms with Gasteiger partial charge in [0.15, 0.2) is 0 Å². The quantitative estimate of drug-likeness (QED) is 0.535. The predicted octanol–water partition coefficient (Wildman–Crippen LogP) is 3.13. The van der Waals surface area contributed by atoms with Gasteiger partial charge >= 0.3 is 5.97 Å². The van der Waals surface area contributed by atoms with Gasteiger partial charge in [0.05, 0.1) is 17.5 Å². The third kappa shape index (κ3) is 3.97. The molecule has 3 rings (SSSR count). The van der Waals surface area contributed by atoms with Crippen LogP contribution in [-0.4, -0.2) is 34.7 Å². The van der Waals surface area contributed by atoms with Gasteiger partial charge in [-0.3, -0.25) is 4.79 Å². The van der Waals surface area contributed by atoms with E-state index < -0.39 is 5.97 Å². The number of carbonyl (C=O) groups excluding carboxylic acids is 2. The molecule has 0 atom stereocenters. The van der Waals surface area contributed by atoms with Crippen molar-refractivity contribution in [3.8, 4) is 0 Å². The van der Waals surface area contributed by atoms with Crippen molar-refractivity contribution in [2.45, 2.75) is 11.4 Å². The Kier molecular flexibility index (Phi) is 5.30. The van der Waals surface area contributed by atoms with E-state index in [1.165, 1.54) is 18.9 Å². The van der Waals surface area contributed by atoms with Crippen LogP contribution in [0.2, 0.25) is 0 Å². The van der Waals surface area contributed by atoms with Crippen LogP contribution in [0.5, 0.6) is 0 Å². The first-order valence-electron chi connectivity index (χ1n) is 7.48. The van der Waals surface area contributed by atoms with Gasteiger partial charge in [0.25, 0.3) is 0 Å². The second-order valence-electron chi connectivity index (χ2n) is 4.97. The van der Waals surface area contributed by atoms with E-state index in [0.717, 1.165) is 5.03 Å². The number of nitrogens with zero attached hydrogens (tertiary/aromatic N) is 2. The van der Waals surface area contributed by atoms with E-state index in [0.29, 0.717) is 11.1 Å². The molecule has 0 aromatic carbocycles. The summed E-state index contributed by atoms with van der Waals surface area (Å²) in [6.45, 7) is 0. The Morgan fingerprint density at radius 3 is 2.80 bits per heavy atom. The Balaban J connectivity index is 1.71. The molecule has 0 unspecified atom stereocenters. The normalized spacial score (nSPS) is 10.6. The number of carbonyl (C=O) groups is 2. The van der Waals surface area contributed by atoms with Crippen LogP contribution in [0.3, 0.4) is 0 Å². The molecule has 25 heavy (non-hydrogen) atoms. The van der Waals surface area contributed by atoms with Crippen LogP contribution >= 0.6 is 11.8 Å². The molecular formula is C17H15N3O4S. The fraction of sp³-hybridized carbons (Fsp3) is 0.176. The molecule has 0 fully saturated rings. The lowest BCUT2D eigenvalue weighted by atomic mass is 10.2.